The SMILES string of the molecule is O=C(NCCCCN1CCN(c2cccc(Cl)c2Cl)CC1)c1cc2cc(Br)ccc2o1. The van der Waals surface area contributed by atoms with Crippen molar-refractivity contribution in [3.63, 3.8) is 0 Å². The number of halogens is 3. The highest BCUT2D eigenvalue weighted by atomic mass is 79.9. The Labute approximate surface area is 200 Å². The van der Waals surface area contributed by atoms with Crippen molar-refractivity contribution >= 4 is 61.7 Å². The molecule has 164 valence electrons. The first-order valence-electron chi connectivity index (χ1n) is 10.4. The lowest BCUT2D eigenvalue weighted by Crippen LogP contribution is -2.46. The average Bonchev–Trinajstić information content (AvgIpc) is 3.19. The molecule has 5 nitrogen and oxygen atoms in total. The fourth-order valence-corrected chi connectivity index (χ4v) is 4.62. The van der Waals surface area contributed by atoms with Gasteiger partial charge in [-0.05, 0) is 55.8 Å². The van der Waals surface area contributed by atoms with E-state index in [1.807, 2.05) is 36.4 Å². The zero-order chi connectivity index (χ0) is 21.8. The van der Waals surface area contributed by atoms with Crippen molar-refractivity contribution < 1.29 is 9.21 Å². The van der Waals surface area contributed by atoms with E-state index in [-0.39, 0.29) is 5.91 Å². The van der Waals surface area contributed by atoms with Crippen LogP contribution in [0.2, 0.25) is 10.0 Å². The summed E-state index contributed by atoms with van der Waals surface area (Å²) in [6.07, 6.45) is 1.96. The summed E-state index contributed by atoms with van der Waals surface area (Å²) in [4.78, 5) is 17.1. The summed E-state index contributed by atoms with van der Waals surface area (Å²) < 4.78 is 6.60. The second-order valence-corrected chi connectivity index (χ2v) is 9.36. The minimum atomic E-state index is -0.167. The van der Waals surface area contributed by atoms with Crippen LogP contribution in [0.25, 0.3) is 11.0 Å². The molecule has 0 atom stereocenters. The van der Waals surface area contributed by atoms with Gasteiger partial charge in [-0.25, -0.2) is 0 Å². The van der Waals surface area contributed by atoms with E-state index in [4.69, 9.17) is 27.6 Å². The van der Waals surface area contributed by atoms with Crippen molar-refractivity contribution in [2.75, 3.05) is 44.2 Å². The van der Waals surface area contributed by atoms with Crippen LogP contribution < -0.4 is 10.2 Å². The minimum Gasteiger partial charge on any atom is -0.451 e. The maximum atomic E-state index is 12.3. The first-order valence-corrected chi connectivity index (χ1v) is 11.9. The lowest BCUT2D eigenvalue weighted by Gasteiger charge is -2.36. The minimum absolute atomic E-state index is 0.167. The first-order chi connectivity index (χ1) is 15.0. The number of unbranched alkanes of at least 4 members (excludes halogenated alkanes) is 1. The Bertz CT molecular complexity index is 1060. The number of nitrogens with zero attached hydrogens (tertiary/aromatic N) is 2. The van der Waals surface area contributed by atoms with Crippen molar-refractivity contribution in [2.24, 2.45) is 0 Å². The molecule has 1 N–H and O–H groups in total. The van der Waals surface area contributed by atoms with E-state index in [0.29, 0.717) is 27.9 Å². The molecule has 1 aromatic heterocycles. The van der Waals surface area contributed by atoms with Crippen LogP contribution in [-0.4, -0.2) is 50.1 Å². The normalized spacial score (nSPS) is 14.9. The van der Waals surface area contributed by atoms with Gasteiger partial charge in [0.15, 0.2) is 5.76 Å². The maximum absolute atomic E-state index is 12.3. The van der Waals surface area contributed by atoms with Crippen LogP contribution in [0.5, 0.6) is 0 Å². The summed E-state index contributed by atoms with van der Waals surface area (Å²) in [5, 5.41) is 5.10. The fraction of sp³-hybridized carbons (Fsp3) is 0.348. The summed E-state index contributed by atoms with van der Waals surface area (Å²) in [6.45, 7) is 5.49. The van der Waals surface area contributed by atoms with Crippen molar-refractivity contribution in [1.29, 1.82) is 0 Å². The van der Waals surface area contributed by atoms with Gasteiger partial charge < -0.3 is 14.6 Å². The lowest BCUT2D eigenvalue weighted by atomic mass is 10.2. The van der Waals surface area contributed by atoms with Crippen molar-refractivity contribution in [3.8, 4) is 0 Å². The van der Waals surface area contributed by atoms with Gasteiger partial charge in [0.2, 0.25) is 0 Å². The molecule has 0 saturated carbocycles. The lowest BCUT2D eigenvalue weighted by molar-refractivity contribution is 0.0927. The highest BCUT2D eigenvalue weighted by molar-refractivity contribution is 9.10. The molecule has 2 heterocycles. The molecule has 1 fully saturated rings. The zero-order valence-corrected chi connectivity index (χ0v) is 20.1. The molecule has 31 heavy (non-hydrogen) atoms. The largest absolute Gasteiger partial charge is 0.451 e. The summed E-state index contributed by atoms with van der Waals surface area (Å²) in [5.74, 6) is 0.184. The third-order valence-corrected chi connectivity index (χ3v) is 6.84. The molecular weight excluding hydrogens is 501 g/mol. The average molecular weight is 525 g/mol. The van der Waals surface area contributed by atoms with Gasteiger partial charge in [0.1, 0.15) is 5.58 Å². The zero-order valence-electron chi connectivity index (χ0n) is 17.0. The Morgan fingerprint density at radius 2 is 1.87 bits per heavy atom. The van der Waals surface area contributed by atoms with Crippen LogP contribution in [0, 0.1) is 0 Å². The van der Waals surface area contributed by atoms with Gasteiger partial charge in [0, 0.05) is 42.6 Å². The number of furan rings is 1. The van der Waals surface area contributed by atoms with Crippen LogP contribution in [-0.2, 0) is 0 Å². The number of nitrogens with one attached hydrogen (secondary N) is 1. The van der Waals surface area contributed by atoms with Gasteiger partial charge in [0.05, 0.1) is 15.7 Å². The van der Waals surface area contributed by atoms with Gasteiger partial charge in [-0.2, -0.15) is 0 Å². The number of amides is 1. The summed E-state index contributed by atoms with van der Waals surface area (Å²) in [6, 6.07) is 13.3. The molecule has 0 bridgehead atoms. The van der Waals surface area contributed by atoms with E-state index < -0.39 is 0 Å². The van der Waals surface area contributed by atoms with Crippen molar-refractivity contribution in [1.82, 2.24) is 10.2 Å². The quantitative estimate of drug-likeness (QED) is 0.395. The van der Waals surface area contributed by atoms with Crippen LogP contribution in [0.1, 0.15) is 23.4 Å². The predicted molar refractivity (Wildman–Crippen MR) is 131 cm³/mol. The Hall–Kier alpha value is -1.73. The Morgan fingerprint density at radius 1 is 1.06 bits per heavy atom. The van der Waals surface area contributed by atoms with Gasteiger partial charge in [-0.3, -0.25) is 9.69 Å². The number of hydrogen-bond acceptors (Lipinski definition) is 4. The number of fused-ring (bicyclic) bond motifs is 1. The number of anilines is 1. The molecule has 4 rings (SSSR count). The topological polar surface area (TPSA) is 48.7 Å². The highest BCUT2D eigenvalue weighted by Crippen LogP contribution is 2.32. The molecule has 0 aliphatic carbocycles. The van der Waals surface area contributed by atoms with Gasteiger partial charge in [-0.1, -0.05) is 45.2 Å². The summed E-state index contributed by atoms with van der Waals surface area (Å²) >= 11 is 15.9. The van der Waals surface area contributed by atoms with E-state index >= 15 is 0 Å². The molecule has 8 heteroatoms. The van der Waals surface area contributed by atoms with Crippen LogP contribution in [0.3, 0.4) is 0 Å². The highest BCUT2D eigenvalue weighted by Gasteiger charge is 2.19. The van der Waals surface area contributed by atoms with Crippen LogP contribution >= 0.6 is 39.1 Å². The number of piperazine rings is 1. The number of benzene rings is 2. The molecule has 1 amide bonds. The van der Waals surface area contributed by atoms with Crippen LogP contribution in [0.4, 0.5) is 5.69 Å². The summed E-state index contributed by atoms with van der Waals surface area (Å²) in [5.41, 5.74) is 1.72. The third kappa shape index (κ3) is 5.55. The number of carbonyl (C=O) groups excluding carboxylic acids is 1. The van der Waals surface area contributed by atoms with Crippen molar-refractivity contribution in [2.45, 2.75) is 12.8 Å². The predicted octanol–water partition coefficient (Wildman–Crippen LogP) is 5.83. The monoisotopic (exact) mass is 523 g/mol. The number of rotatable bonds is 7. The van der Waals surface area contributed by atoms with Gasteiger partial charge in [-0.15, -0.1) is 0 Å². The molecule has 2 aromatic carbocycles. The van der Waals surface area contributed by atoms with Crippen LogP contribution in [0.15, 0.2) is 51.4 Å². The summed E-state index contributed by atoms with van der Waals surface area (Å²) in [7, 11) is 0. The first kappa shape index (κ1) is 22.5. The van der Waals surface area contributed by atoms with E-state index in [1.165, 1.54) is 0 Å². The van der Waals surface area contributed by atoms with Gasteiger partial charge in [0.25, 0.3) is 5.91 Å². The molecule has 0 spiro atoms. The molecule has 0 radical (unpaired) electrons. The Morgan fingerprint density at radius 3 is 2.68 bits per heavy atom. The second-order valence-electron chi connectivity index (χ2n) is 7.66. The standard InChI is InChI=1S/C23H24BrCl2N3O2/c24-17-6-7-20-16(14-17)15-21(31-20)23(30)27-8-1-2-9-28-10-12-29(13-11-28)19-5-3-4-18(25)22(19)26/h3-7,14-15H,1-2,8-13H2,(H,27,30). The third-order valence-electron chi connectivity index (χ3n) is 5.53. The smallest absolute Gasteiger partial charge is 0.287 e. The van der Waals surface area contributed by atoms with E-state index in [0.717, 1.165) is 61.1 Å². The Kier molecular flexibility index (Phi) is 7.43. The molecule has 3 aromatic rings. The van der Waals surface area contributed by atoms with E-state index in [1.54, 1.807) is 6.07 Å². The molecule has 0 unspecified atom stereocenters. The number of hydrogen-bond donors (Lipinski definition) is 1. The second kappa shape index (κ2) is 10.3. The van der Waals surface area contributed by atoms with E-state index in [2.05, 4.69) is 31.0 Å². The molecule has 1 saturated heterocycles. The number of carbonyl (C=O) groups is 1. The fourth-order valence-electron chi connectivity index (χ4n) is 3.82. The van der Waals surface area contributed by atoms with Crippen molar-refractivity contribution in [3.05, 3.63) is 62.7 Å². The van der Waals surface area contributed by atoms with E-state index in [9.17, 15) is 4.79 Å². The molecule has 1 aliphatic heterocycles. The molecular formula is C23H24BrCl2N3O2. The van der Waals surface area contributed by atoms with Gasteiger partial charge >= 0.3 is 0 Å². The molecule has 1 aliphatic rings. The maximum Gasteiger partial charge on any atom is 0.287 e. The Balaban J connectivity index is 1.16.